The molecule has 152 valence electrons. The lowest BCUT2D eigenvalue weighted by molar-refractivity contribution is -0.137. The second-order valence-corrected chi connectivity index (χ2v) is 7.62. The molecule has 0 N–H and O–H groups in total. The van der Waals surface area contributed by atoms with Crippen LogP contribution in [0.5, 0.6) is 0 Å². The van der Waals surface area contributed by atoms with Crippen molar-refractivity contribution in [3.05, 3.63) is 59.7 Å². The zero-order valence-electron chi connectivity index (χ0n) is 16.2. The summed E-state index contributed by atoms with van der Waals surface area (Å²) in [6.45, 7) is 4.49. The third kappa shape index (κ3) is 6.27. The molecule has 0 aliphatic carbocycles. The molecule has 1 aromatic carbocycles. The highest BCUT2D eigenvalue weighted by molar-refractivity contribution is 5.25. The molecule has 7 heteroatoms. The summed E-state index contributed by atoms with van der Waals surface area (Å²) in [4.78, 5) is 13.2. The van der Waals surface area contributed by atoms with Crippen LogP contribution in [0, 0.1) is 5.92 Å². The second-order valence-electron chi connectivity index (χ2n) is 7.62. The van der Waals surface area contributed by atoms with E-state index in [1.807, 2.05) is 6.07 Å². The average molecular weight is 392 g/mol. The summed E-state index contributed by atoms with van der Waals surface area (Å²) in [5.41, 5.74) is 0.182. The summed E-state index contributed by atoms with van der Waals surface area (Å²) in [7, 11) is 2.08. The first-order chi connectivity index (χ1) is 13.4. The van der Waals surface area contributed by atoms with E-state index in [9.17, 15) is 13.2 Å². The normalized spacial score (nSPS) is 18.5. The Morgan fingerprint density at radius 2 is 1.96 bits per heavy atom. The minimum atomic E-state index is -4.28. The average Bonchev–Trinajstić information content (AvgIpc) is 2.67. The molecule has 2 aromatic rings. The van der Waals surface area contributed by atoms with Gasteiger partial charge in [-0.05, 0) is 56.5 Å². The highest BCUT2D eigenvalue weighted by Crippen LogP contribution is 2.29. The van der Waals surface area contributed by atoms with Gasteiger partial charge >= 0.3 is 6.18 Å². The van der Waals surface area contributed by atoms with Gasteiger partial charge in [-0.1, -0.05) is 18.2 Å². The van der Waals surface area contributed by atoms with Gasteiger partial charge in [0.1, 0.15) is 5.82 Å². The molecular weight excluding hydrogens is 365 g/mol. The van der Waals surface area contributed by atoms with Crippen LogP contribution >= 0.6 is 0 Å². The molecule has 1 fully saturated rings. The fraction of sp³-hybridized carbons (Fsp3) is 0.524. The molecule has 2 heterocycles. The first-order valence-corrected chi connectivity index (χ1v) is 9.73. The Labute approximate surface area is 164 Å². The third-order valence-electron chi connectivity index (χ3n) is 5.17. The summed E-state index contributed by atoms with van der Waals surface area (Å²) in [6, 6.07) is 7.50. The lowest BCUT2D eigenvalue weighted by Crippen LogP contribution is -2.40. The molecule has 0 bridgehead atoms. The Hall–Kier alpha value is -1.99. The number of piperidine rings is 1. The van der Waals surface area contributed by atoms with Crippen molar-refractivity contribution in [1.29, 1.82) is 0 Å². The summed E-state index contributed by atoms with van der Waals surface area (Å²) in [5.74, 6) is 1.38. The van der Waals surface area contributed by atoms with E-state index in [1.165, 1.54) is 18.6 Å². The quantitative estimate of drug-likeness (QED) is 0.716. The molecule has 1 atom stereocenters. The Balaban J connectivity index is 1.47. The topological polar surface area (TPSA) is 32.3 Å². The summed E-state index contributed by atoms with van der Waals surface area (Å²) in [6.07, 6.45) is 2.19. The van der Waals surface area contributed by atoms with Gasteiger partial charge in [-0.25, -0.2) is 9.97 Å². The smallest absolute Gasteiger partial charge is 0.303 e. The Bertz CT molecular complexity index is 736. The van der Waals surface area contributed by atoms with Gasteiger partial charge in [0.25, 0.3) is 0 Å². The number of benzene rings is 1. The largest absolute Gasteiger partial charge is 0.416 e. The van der Waals surface area contributed by atoms with Gasteiger partial charge in [-0.15, -0.1) is 0 Å². The van der Waals surface area contributed by atoms with Crippen LogP contribution in [0.1, 0.15) is 29.8 Å². The SMILES string of the molecule is CN(Cc1ncccn1)C[C@@H]1CCCN(CCc2cccc(C(F)(F)F)c2)C1. The molecule has 1 aliphatic rings. The maximum absolute atomic E-state index is 12.9. The standard InChI is InChI=1S/C21H27F3N4/c1-27(16-20-25-9-4-10-26-20)14-18-6-3-11-28(15-18)12-8-17-5-2-7-19(13-17)21(22,23)24/h2,4-5,7,9-10,13,18H,3,6,8,11-12,14-16H2,1H3/t18-/m0/s1. The van der Waals surface area contributed by atoms with E-state index in [-0.39, 0.29) is 0 Å². The first kappa shape index (κ1) is 20.7. The van der Waals surface area contributed by atoms with Gasteiger partial charge in [0.2, 0.25) is 0 Å². The van der Waals surface area contributed by atoms with Crippen molar-refractivity contribution in [2.75, 3.05) is 33.2 Å². The number of rotatable bonds is 7. The van der Waals surface area contributed by atoms with Crippen molar-refractivity contribution in [2.24, 2.45) is 5.92 Å². The zero-order valence-corrected chi connectivity index (χ0v) is 16.2. The number of halogens is 3. The van der Waals surface area contributed by atoms with Crippen LogP contribution in [0.25, 0.3) is 0 Å². The molecular formula is C21H27F3N4. The van der Waals surface area contributed by atoms with Gasteiger partial charge in [-0.2, -0.15) is 13.2 Å². The van der Waals surface area contributed by atoms with Gasteiger partial charge in [0.15, 0.2) is 0 Å². The van der Waals surface area contributed by atoms with E-state index < -0.39 is 11.7 Å². The van der Waals surface area contributed by atoms with Crippen molar-refractivity contribution in [3.63, 3.8) is 0 Å². The van der Waals surface area contributed by atoms with Crippen LogP contribution in [0.3, 0.4) is 0 Å². The van der Waals surface area contributed by atoms with Crippen LogP contribution in [0.4, 0.5) is 13.2 Å². The van der Waals surface area contributed by atoms with Crippen molar-refractivity contribution in [3.8, 4) is 0 Å². The van der Waals surface area contributed by atoms with E-state index in [0.29, 0.717) is 12.3 Å². The molecule has 1 saturated heterocycles. The van der Waals surface area contributed by atoms with Crippen molar-refractivity contribution in [1.82, 2.24) is 19.8 Å². The monoisotopic (exact) mass is 392 g/mol. The number of aromatic nitrogens is 2. The molecule has 28 heavy (non-hydrogen) atoms. The number of hydrogen-bond acceptors (Lipinski definition) is 4. The zero-order chi connectivity index (χ0) is 20.0. The maximum atomic E-state index is 12.9. The summed E-state index contributed by atoms with van der Waals surface area (Å²) >= 11 is 0. The van der Waals surface area contributed by atoms with Gasteiger partial charge in [0, 0.05) is 32.0 Å². The molecule has 1 aliphatic heterocycles. The number of hydrogen-bond donors (Lipinski definition) is 0. The molecule has 3 rings (SSSR count). The van der Waals surface area contributed by atoms with Gasteiger partial charge in [0.05, 0.1) is 12.1 Å². The van der Waals surface area contributed by atoms with E-state index in [1.54, 1.807) is 18.5 Å². The number of likely N-dealkylation sites (tertiary alicyclic amines) is 1. The van der Waals surface area contributed by atoms with Crippen LogP contribution in [-0.2, 0) is 19.1 Å². The highest BCUT2D eigenvalue weighted by Gasteiger charge is 2.30. The molecule has 0 amide bonds. The third-order valence-corrected chi connectivity index (χ3v) is 5.17. The van der Waals surface area contributed by atoms with Crippen molar-refractivity contribution < 1.29 is 13.2 Å². The van der Waals surface area contributed by atoms with Gasteiger partial charge < -0.3 is 4.90 Å². The van der Waals surface area contributed by atoms with Crippen molar-refractivity contribution >= 4 is 0 Å². The predicted octanol–water partition coefficient (Wildman–Crippen LogP) is 3.88. The van der Waals surface area contributed by atoms with E-state index in [0.717, 1.165) is 56.6 Å². The molecule has 0 radical (unpaired) electrons. The molecule has 1 aromatic heterocycles. The number of alkyl halides is 3. The lowest BCUT2D eigenvalue weighted by atomic mass is 9.97. The van der Waals surface area contributed by atoms with E-state index in [2.05, 4.69) is 26.8 Å². The summed E-state index contributed by atoms with van der Waals surface area (Å²) < 4.78 is 38.6. The van der Waals surface area contributed by atoms with Crippen LogP contribution in [-0.4, -0.2) is 53.0 Å². The van der Waals surface area contributed by atoms with E-state index >= 15 is 0 Å². The second kappa shape index (κ2) is 9.47. The fourth-order valence-corrected chi connectivity index (χ4v) is 3.85. The Morgan fingerprint density at radius 1 is 1.18 bits per heavy atom. The van der Waals surface area contributed by atoms with Crippen LogP contribution in [0.15, 0.2) is 42.7 Å². The van der Waals surface area contributed by atoms with E-state index in [4.69, 9.17) is 0 Å². The Kier molecular flexibility index (Phi) is 7.02. The lowest BCUT2D eigenvalue weighted by Gasteiger charge is -2.34. The van der Waals surface area contributed by atoms with Crippen molar-refractivity contribution in [2.45, 2.75) is 32.0 Å². The molecule has 4 nitrogen and oxygen atoms in total. The minimum Gasteiger partial charge on any atom is -0.303 e. The fourth-order valence-electron chi connectivity index (χ4n) is 3.85. The molecule has 0 unspecified atom stereocenters. The summed E-state index contributed by atoms with van der Waals surface area (Å²) in [5, 5.41) is 0. The predicted molar refractivity (Wildman–Crippen MR) is 103 cm³/mol. The minimum absolute atomic E-state index is 0.559. The maximum Gasteiger partial charge on any atom is 0.416 e. The van der Waals surface area contributed by atoms with Gasteiger partial charge in [-0.3, -0.25) is 4.90 Å². The Morgan fingerprint density at radius 3 is 2.71 bits per heavy atom. The van der Waals surface area contributed by atoms with Crippen LogP contribution < -0.4 is 0 Å². The molecule has 0 spiro atoms. The number of nitrogens with zero attached hydrogens (tertiary/aromatic N) is 4. The highest BCUT2D eigenvalue weighted by atomic mass is 19.4. The molecule has 0 saturated carbocycles. The first-order valence-electron chi connectivity index (χ1n) is 9.73. The van der Waals surface area contributed by atoms with Crippen LogP contribution in [0.2, 0.25) is 0 Å².